The molecule has 0 aliphatic heterocycles. The molecular weight excluding hydrogens is 406 g/mol. The maximum atomic E-state index is 12.5. The number of aliphatic carboxylic acids is 1. The molecule has 0 spiro atoms. The molecule has 0 saturated heterocycles. The summed E-state index contributed by atoms with van der Waals surface area (Å²) < 4.78 is 5.13. The van der Waals surface area contributed by atoms with Crippen molar-refractivity contribution in [2.75, 3.05) is 25.1 Å². The minimum atomic E-state index is -1.12. The zero-order valence-electron chi connectivity index (χ0n) is 19.1. The molecule has 172 valence electrons. The van der Waals surface area contributed by atoms with E-state index < -0.39 is 5.97 Å². The Kier molecular flexibility index (Phi) is 10.2. The first-order valence-electron chi connectivity index (χ1n) is 11.1. The number of pyridine rings is 1. The Morgan fingerprint density at radius 3 is 2.56 bits per heavy atom. The highest BCUT2D eigenvalue weighted by Gasteiger charge is 2.12. The van der Waals surface area contributed by atoms with Gasteiger partial charge in [0.1, 0.15) is 0 Å². The predicted octanol–water partition coefficient (Wildman–Crippen LogP) is 5.33. The second-order valence-electron chi connectivity index (χ2n) is 7.48. The van der Waals surface area contributed by atoms with Crippen LogP contribution >= 0.6 is 0 Å². The highest BCUT2D eigenvalue weighted by molar-refractivity contribution is 5.92. The maximum Gasteiger partial charge on any atom is 0.371 e. The third-order valence-electron chi connectivity index (χ3n) is 4.99. The second kappa shape index (κ2) is 13.1. The van der Waals surface area contributed by atoms with Crippen molar-refractivity contribution in [3.63, 3.8) is 0 Å². The van der Waals surface area contributed by atoms with Gasteiger partial charge in [-0.05, 0) is 43.2 Å². The number of anilines is 1. The van der Waals surface area contributed by atoms with Crippen molar-refractivity contribution in [1.82, 2.24) is 10.3 Å². The van der Waals surface area contributed by atoms with Gasteiger partial charge in [0.25, 0.3) is 0 Å². The third-order valence-corrected chi connectivity index (χ3v) is 4.99. The highest BCUT2D eigenvalue weighted by atomic mass is 16.5. The van der Waals surface area contributed by atoms with E-state index >= 15 is 0 Å². The van der Waals surface area contributed by atoms with Gasteiger partial charge in [-0.15, -0.1) is 0 Å². The number of benzene rings is 1. The Balaban J connectivity index is 2.03. The molecule has 0 saturated carbocycles. The minimum Gasteiger partial charge on any atom is -0.487 e. The monoisotopic (exact) mass is 439 g/mol. The average molecular weight is 440 g/mol. The third kappa shape index (κ3) is 7.72. The summed E-state index contributed by atoms with van der Waals surface area (Å²) in [6.45, 7) is 4.86. The quantitative estimate of drug-likeness (QED) is 0.265. The van der Waals surface area contributed by atoms with Gasteiger partial charge in [0, 0.05) is 31.0 Å². The number of carbonyl (C=O) groups is 2. The molecule has 32 heavy (non-hydrogen) atoms. The van der Waals surface area contributed by atoms with Crippen LogP contribution in [0.1, 0.15) is 51.5 Å². The largest absolute Gasteiger partial charge is 0.487 e. The molecule has 0 bridgehead atoms. The van der Waals surface area contributed by atoms with E-state index in [0.29, 0.717) is 12.1 Å². The van der Waals surface area contributed by atoms with Crippen molar-refractivity contribution >= 4 is 23.8 Å². The molecule has 2 aromatic rings. The number of carbonyl (C=O) groups excluding carboxylic acids is 1. The number of carboxylic acid groups (broad SMARTS) is 1. The second-order valence-corrected chi connectivity index (χ2v) is 7.48. The molecule has 2 N–H and O–H groups in total. The van der Waals surface area contributed by atoms with Gasteiger partial charge in [-0.1, -0.05) is 50.8 Å². The van der Waals surface area contributed by atoms with Crippen LogP contribution in [0, 0.1) is 0 Å². The lowest BCUT2D eigenvalue weighted by Gasteiger charge is -2.19. The number of hydrogen-bond donors (Lipinski definition) is 2. The molecule has 7 nitrogen and oxygen atoms in total. The van der Waals surface area contributed by atoms with Gasteiger partial charge in [0.2, 0.25) is 5.76 Å². The summed E-state index contributed by atoms with van der Waals surface area (Å²) in [5.41, 5.74) is 2.98. The number of hydrogen-bond acceptors (Lipinski definition) is 4. The van der Waals surface area contributed by atoms with Crippen LogP contribution in [-0.2, 0) is 9.53 Å². The van der Waals surface area contributed by atoms with Crippen LogP contribution in [-0.4, -0.2) is 42.3 Å². The number of aromatic nitrogens is 1. The number of ether oxygens (including phenoxy) is 1. The fraction of sp³-hybridized carbons (Fsp3) is 0.400. The van der Waals surface area contributed by atoms with E-state index in [1.807, 2.05) is 30.3 Å². The lowest BCUT2D eigenvalue weighted by molar-refractivity contribution is -0.136. The Labute approximate surface area is 190 Å². The standard InChI is InChI=1S/C25H33N3O4/c1-4-6-7-8-9-15-26-25(31)28(3)21-12-10-11-20(17-21)22-14-13-19(18-27-22)16-23(24(29)30)32-5-2/h10-14,16-18H,4-9,15H2,1-3H3,(H,26,31)(H,29,30)/b23-16+. The summed E-state index contributed by atoms with van der Waals surface area (Å²) in [7, 11) is 1.74. The number of nitrogens with one attached hydrogen (secondary N) is 1. The van der Waals surface area contributed by atoms with Gasteiger partial charge in [-0.25, -0.2) is 9.59 Å². The number of amides is 2. The summed E-state index contributed by atoms with van der Waals surface area (Å²) in [6.07, 6.45) is 8.79. The van der Waals surface area contributed by atoms with Crippen LogP contribution in [0.2, 0.25) is 0 Å². The van der Waals surface area contributed by atoms with E-state index in [0.717, 1.165) is 29.8 Å². The Hall–Kier alpha value is -3.35. The first-order chi connectivity index (χ1) is 15.5. The van der Waals surface area contributed by atoms with Crippen LogP contribution in [0.5, 0.6) is 0 Å². The van der Waals surface area contributed by atoms with Gasteiger partial charge in [0.05, 0.1) is 12.3 Å². The van der Waals surface area contributed by atoms with E-state index in [9.17, 15) is 14.7 Å². The molecule has 2 amide bonds. The number of nitrogens with zero attached hydrogens (tertiary/aromatic N) is 2. The minimum absolute atomic E-state index is 0.123. The number of carboxylic acids is 1. The lowest BCUT2D eigenvalue weighted by atomic mass is 10.1. The molecule has 1 aromatic heterocycles. The Bertz CT molecular complexity index is 910. The number of unbranched alkanes of at least 4 members (excludes halogenated alkanes) is 4. The molecule has 0 unspecified atom stereocenters. The smallest absolute Gasteiger partial charge is 0.371 e. The highest BCUT2D eigenvalue weighted by Crippen LogP contribution is 2.23. The van der Waals surface area contributed by atoms with Gasteiger partial charge in [-0.2, -0.15) is 0 Å². The van der Waals surface area contributed by atoms with Crippen molar-refractivity contribution in [3.8, 4) is 11.3 Å². The molecule has 0 atom stereocenters. The van der Waals surface area contributed by atoms with Gasteiger partial charge >= 0.3 is 12.0 Å². The summed E-state index contributed by atoms with van der Waals surface area (Å²) in [5.74, 6) is -1.24. The normalized spacial score (nSPS) is 11.2. The van der Waals surface area contributed by atoms with Gasteiger partial charge in [-0.3, -0.25) is 9.88 Å². The van der Waals surface area contributed by atoms with Crippen molar-refractivity contribution in [2.24, 2.45) is 0 Å². The molecule has 2 rings (SSSR count). The molecule has 1 aromatic carbocycles. The maximum absolute atomic E-state index is 12.5. The molecular formula is C25H33N3O4. The predicted molar refractivity (Wildman–Crippen MR) is 127 cm³/mol. The lowest BCUT2D eigenvalue weighted by Crippen LogP contribution is -2.37. The zero-order chi connectivity index (χ0) is 23.3. The van der Waals surface area contributed by atoms with Gasteiger partial charge < -0.3 is 15.2 Å². The van der Waals surface area contributed by atoms with Crippen LogP contribution in [0.3, 0.4) is 0 Å². The number of rotatable bonds is 12. The van der Waals surface area contributed by atoms with Crippen molar-refractivity contribution < 1.29 is 19.4 Å². The first kappa shape index (κ1) is 24.9. The molecule has 0 radical (unpaired) electrons. The van der Waals surface area contributed by atoms with Crippen molar-refractivity contribution in [2.45, 2.75) is 46.0 Å². The molecule has 7 heteroatoms. The van der Waals surface area contributed by atoms with E-state index in [4.69, 9.17) is 4.74 Å². The van der Waals surface area contributed by atoms with Crippen molar-refractivity contribution in [1.29, 1.82) is 0 Å². The van der Waals surface area contributed by atoms with Crippen LogP contribution in [0.15, 0.2) is 48.4 Å². The Morgan fingerprint density at radius 2 is 1.91 bits per heavy atom. The summed E-state index contributed by atoms with van der Waals surface area (Å²) in [4.78, 5) is 29.7. The van der Waals surface area contributed by atoms with E-state index in [1.54, 1.807) is 31.1 Å². The summed E-state index contributed by atoms with van der Waals surface area (Å²) in [5, 5.41) is 12.1. The topological polar surface area (TPSA) is 91.8 Å². The SMILES string of the molecule is CCCCCCCNC(=O)N(C)c1cccc(-c2ccc(/C=C(/OCC)C(=O)O)cn2)c1. The van der Waals surface area contributed by atoms with E-state index in [-0.39, 0.29) is 18.4 Å². The summed E-state index contributed by atoms with van der Waals surface area (Å²) >= 11 is 0. The summed E-state index contributed by atoms with van der Waals surface area (Å²) in [6, 6.07) is 11.0. The molecule has 0 aliphatic carbocycles. The van der Waals surface area contributed by atoms with Crippen LogP contribution in [0.4, 0.5) is 10.5 Å². The van der Waals surface area contributed by atoms with Crippen LogP contribution < -0.4 is 10.2 Å². The first-order valence-corrected chi connectivity index (χ1v) is 11.1. The van der Waals surface area contributed by atoms with E-state index in [1.165, 1.54) is 25.3 Å². The molecule has 0 aliphatic rings. The fourth-order valence-electron chi connectivity index (χ4n) is 3.17. The molecule has 0 fully saturated rings. The van der Waals surface area contributed by atoms with E-state index in [2.05, 4.69) is 17.2 Å². The van der Waals surface area contributed by atoms with Crippen LogP contribution in [0.25, 0.3) is 17.3 Å². The Morgan fingerprint density at radius 1 is 1.12 bits per heavy atom. The van der Waals surface area contributed by atoms with Gasteiger partial charge in [0.15, 0.2) is 0 Å². The van der Waals surface area contributed by atoms with Crippen molar-refractivity contribution in [3.05, 3.63) is 53.9 Å². The number of urea groups is 1. The zero-order valence-corrected chi connectivity index (χ0v) is 19.1. The molecule has 1 heterocycles. The average Bonchev–Trinajstić information content (AvgIpc) is 2.81. The fourth-order valence-corrected chi connectivity index (χ4v) is 3.17.